The van der Waals surface area contributed by atoms with Crippen molar-refractivity contribution in [1.82, 2.24) is 5.32 Å². The number of aliphatic hydroxyl groups is 3. The van der Waals surface area contributed by atoms with Gasteiger partial charge in [0.05, 0.1) is 23.6 Å². The lowest BCUT2D eigenvalue weighted by Gasteiger charge is -2.12. The molecule has 0 aliphatic carbocycles. The molecule has 1 amide bonds. The Morgan fingerprint density at radius 3 is 2.37 bits per heavy atom. The summed E-state index contributed by atoms with van der Waals surface area (Å²) in [5, 5.41) is 39.0. The third kappa shape index (κ3) is 3.65. The molecule has 1 rings (SSSR count). The fraction of sp³-hybridized carbons (Fsp3) is 0.538. The van der Waals surface area contributed by atoms with E-state index in [4.69, 9.17) is 10.5 Å². The number of carbonyl (C=O) groups excluding carboxylic acids is 1. The molecule has 0 aromatic rings. The zero-order valence-corrected chi connectivity index (χ0v) is 11.3. The van der Waals surface area contributed by atoms with Gasteiger partial charge in [-0.3, -0.25) is 4.79 Å². The topological polar surface area (TPSA) is 114 Å². The standard InChI is InChI=1S/C13H20N2O4/c1-6(2)11-12(18)10(13(19)15-11)9(14)5-8(17)4-7(3)16/h7-8,14,16-18H,4-5H2,1-3H3,(H,15,19)/t7-,8+/m1/s1. The molecule has 1 heterocycles. The number of rotatable bonds is 5. The van der Waals surface area contributed by atoms with Gasteiger partial charge in [-0.15, -0.1) is 0 Å². The summed E-state index contributed by atoms with van der Waals surface area (Å²) in [6.07, 6.45) is -1.58. The second-order valence-electron chi connectivity index (χ2n) is 4.97. The van der Waals surface area contributed by atoms with Gasteiger partial charge in [0.15, 0.2) is 5.76 Å². The summed E-state index contributed by atoms with van der Waals surface area (Å²) in [5.41, 5.74) is 0.799. The van der Waals surface area contributed by atoms with Gasteiger partial charge in [0.25, 0.3) is 5.91 Å². The summed E-state index contributed by atoms with van der Waals surface area (Å²) in [7, 11) is 0. The lowest BCUT2D eigenvalue weighted by atomic mass is 10.0. The van der Waals surface area contributed by atoms with Gasteiger partial charge in [-0.25, -0.2) is 0 Å². The van der Waals surface area contributed by atoms with Gasteiger partial charge in [-0.1, -0.05) is 0 Å². The zero-order chi connectivity index (χ0) is 14.7. The quantitative estimate of drug-likeness (QED) is 0.474. The second-order valence-corrected chi connectivity index (χ2v) is 4.97. The van der Waals surface area contributed by atoms with E-state index in [0.29, 0.717) is 5.70 Å². The molecule has 1 aliphatic rings. The number of allylic oxidation sites excluding steroid dienone is 1. The Morgan fingerprint density at radius 1 is 1.37 bits per heavy atom. The smallest absolute Gasteiger partial charge is 0.261 e. The third-order valence-corrected chi connectivity index (χ3v) is 2.79. The van der Waals surface area contributed by atoms with Crippen LogP contribution in [0.5, 0.6) is 0 Å². The molecule has 0 aromatic heterocycles. The van der Waals surface area contributed by atoms with Crippen LogP contribution in [0.3, 0.4) is 0 Å². The summed E-state index contributed by atoms with van der Waals surface area (Å²) in [4.78, 5) is 11.7. The number of nitrogens with one attached hydrogen (secondary N) is 2. The van der Waals surface area contributed by atoms with Crippen molar-refractivity contribution in [2.45, 2.75) is 45.8 Å². The van der Waals surface area contributed by atoms with E-state index in [-0.39, 0.29) is 29.9 Å². The van der Waals surface area contributed by atoms with Crippen molar-refractivity contribution in [1.29, 1.82) is 5.41 Å². The van der Waals surface area contributed by atoms with Crippen molar-refractivity contribution < 1.29 is 20.1 Å². The fourth-order valence-electron chi connectivity index (χ4n) is 1.92. The average molecular weight is 268 g/mol. The van der Waals surface area contributed by atoms with Gasteiger partial charge in [-0.2, -0.15) is 0 Å². The van der Waals surface area contributed by atoms with Crippen LogP contribution in [0.15, 0.2) is 22.6 Å². The first-order valence-electron chi connectivity index (χ1n) is 6.10. The summed E-state index contributed by atoms with van der Waals surface area (Å²) >= 11 is 0. The highest BCUT2D eigenvalue weighted by Crippen LogP contribution is 2.23. The molecule has 0 spiro atoms. The summed E-state index contributed by atoms with van der Waals surface area (Å²) in [6.45, 7) is 5.01. The van der Waals surface area contributed by atoms with Crippen LogP contribution in [-0.2, 0) is 4.79 Å². The normalized spacial score (nSPS) is 18.4. The van der Waals surface area contributed by atoms with Crippen LogP contribution in [0, 0.1) is 5.41 Å². The molecule has 0 saturated heterocycles. The maximum Gasteiger partial charge on any atom is 0.261 e. The molecule has 106 valence electrons. The van der Waals surface area contributed by atoms with E-state index in [9.17, 15) is 15.0 Å². The third-order valence-electron chi connectivity index (χ3n) is 2.79. The van der Waals surface area contributed by atoms with E-state index >= 15 is 0 Å². The molecule has 5 N–H and O–H groups in total. The maximum absolute atomic E-state index is 11.7. The van der Waals surface area contributed by atoms with Crippen molar-refractivity contribution >= 4 is 11.6 Å². The number of hydrogen-bond donors (Lipinski definition) is 5. The molecule has 19 heavy (non-hydrogen) atoms. The van der Waals surface area contributed by atoms with Crippen LogP contribution >= 0.6 is 0 Å². The average Bonchev–Trinajstić information content (AvgIpc) is 2.52. The van der Waals surface area contributed by atoms with Crippen LogP contribution in [0.1, 0.15) is 33.6 Å². The maximum atomic E-state index is 11.7. The molecular formula is C13H20N2O4. The first kappa shape index (κ1) is 15.4. The molecule has 0 unspecified atom stereocenters. The van der Waals surface area contributed by atoms with Crippen molar-refractivity contribution in [3.8, 4) is 0 Å². The van der Waals surface area contributed by atoms with Gasteiger partial charge >= 0.3 is 0 Å². The number of amides is 1. The monoisotopic (exact) mass is 268 g/mol. The van der Waals surface area contributed by atoms with E-state index in [1.807, 2.05) is 0 Å². The molecule has 1 aliphatic heterocycles. The number of aliphatic hydroxyl groups excluding tert-OH is 3. The van der Waals surface area contributed by atoms with Gasteiger partial charge in [-0.05, 0) is 32.8 Å². The minimum absolute atomic E-state index is 0.0895. The molecule has 0 saturated carbocycles. The Labute approximate surface area is 112 Å². The molecular weight excluding hydrogens is 248 g/mol. The molecule has 0 fully saturated rings. The van der Waals surface area contributed by atoms with Crippen molar-refractivity contribution in [3.63, 3.8) is 0 Å². The molecule has 0 bridgehead atoms. The minimum atomic E-state index is -0.920. The van der Waals surface area contributed by atoms with Crippen LogP contribution < -0.4 is 5.32 Å². The fourth-order valence-corrected chi connectivity index (χ4v) is 1.92. The Morgan fingerprint density at radius 2 is 1.95 bits per heavy atom. The Hall–Kier alpha value is -1.66. The molecule has 0 radical (unpaired) electrons. The molecule has 6 heteroatoms. The highest BCUT2D eigenvalue weighted by molar-refractivity contribution is 6.23. The van der Waals surface area contributed by atoms with Crippen LogP contribution in [0.2, 0.25) is 0 Å². The summed E-state index contributed by atoms with van der Waals surface area (Å²) < 4.78 is 0. The van der Waals surface area contributed by atoms with Crippen LogP contribution in [0.4, 0.5) is 0 Å². The summed E-state index contributed by atoms with van der Waals surface area (Å²) in [6, 6.07) is 0. The Balaban J connectivity index is 2.88. The van der Waals surface area contributed by atoms with Crippen molar-refractivity contribution in [2.24, 2.45) is 0 Å². The van der Waals surface area contributed by atoms with E-state index in [0.717, 1.165) is 5.57 Å². The predicted molar refractivity (Wildman–Crippen MR) is 70.8 cm³/mol. The second kappa shape index (κ2) is 5.99. The summed E-state index contributed by atoms with van der Waals surface area (Å²) in [5.74, 6) is -0.790. The van der Waals surface area contributed by atoms with Crippen molar-refractivity contribution in [3.05, 3.63) is 22.6 Å². The molecule has 2 atom stereocenters. The molecule has 6 nitrogen and oxygen atoms in total. The SMILES string of the molecule is CC(C)=C1NC(=O)C(C(=N)C[C@@H](O)C[C@@H](C)O)=C1O. The lowest BCUT2D eigenvalue weighted by molar-refractivity contribution is -0.115. The largest absolute Gasteiger partial charge is 0.505 e. The first-order valence-corrected chi connectivity index (χ1v) is 6.10. The van der Waals surface area contributed by atoms with Gasteiger partial charge in [0, 0.05) is 6.42 Å². The van der Waals surface area contributed by atoms with Gasteiger partial charge in [0.1, 0.15) is 5.57 Å². The van der Waals surface area contributed by atoms with E-state index < -0.39 is 18.1 Å². The highest BCUT2D eigenvalue weighted by Gasteiger charge is 2.31. The Bertz CT molecular complexity index is 459. The van der Waals surface area contributed by atoms with E-state index in [1.165, 1.54) is 6.92 Å². The number of hydrogen-bond acceptors (Lipinski definition) is 5. The van der Waals surface area contributed by atoms with E-state index in [2.05, 4.69) is 5.32 Å². The van der Waals surface area contributed by atoms with E-state index in [1.54, 1.807) is 13.8 Å². The predicted octanol–water partition coefficient (Wildman–Crippen LogP) is 0.764. The van der Waals surface area contributed by atoms with Crippen LogP contribution in [0.25, 0.3) is 0 Å². The Kier molecular flexibility index (Phi) is 4.85. The lowest BCUT2D eigenvalue weighted by Crippen LogP contribution is -2.24. The minimum Gasteiger partial charge on any atom is -0.505 e. The van der Waals surface area contributed by atoms with Gasteiger partial charge < -0.3 is 26.0 Å². The zero-order valence-electron chi connectivity index (χ0n) is 11.3. The molecule has 0 aromatic carbocycles. The number of carbonyl (C=O) groups is 1. The van der Waals surface area contributed by atoms with Gasteiger partial charge in [0.2, 0.25) is 0 Å². The van der Waals surface area contributed by atoms with Crippen LogP contribution in [-0.4, -0.2) is 39.1 Å². The first-order chi connectivity index (χ1) is 8.73. The highest BCUT2D eigenvalue weighted by atomic mass is 16.3. The van der Waals surface area contributed by atoms with Crippen molar-refractivity contribution in [2.75, 3.05) is 0 Å².